The van der Waals surface area contributed by atoms with Crippen LogP contribution in [0.3, 0.4) is 0 Å². The number of hydrogen-bond donors (Lipinski definition) is 1. The van der Waals surface area contributed by atoms with E-state index in [0.717, 1.165) is 12.8 Å². The van der Waals surface area contributed by atoms with Crippen LogP contribution in [0.25, 0.3) is 0 Å². The highest BCUT2D eigenvalue weighted by Crippen LogP contribution is 2.17. The van der Waals surface area contributed by atoms with Gasteiger partial charge in [-0.25, -0.2) is 0 Å². The molecule has 4 heteroatoms. The largest absolute Gasteiger partial charge is 0.481 e. The molecule has 128 valence electrons. The molecule has 0 bridgehead atoms. The van der Waals surface area contributed by atoms with Crippen LogP contribution >= 0.6 is 11.6 Å². The monoisotopic (exact) mass is 345 g/mol. The van der Waals surface area contributed by atoms with Crippen molar-refractivity contribution in [1.82, 2.24) is 5.32 Å². The Hall–Kier alpha value is -2.00. The first-order valence-corrected chi connectivity index (χ1v) is 8.71. The summed E-state index contributed by atoms with van der Waals surface area (Å²) in [7, 11) is 0. The molecular formula is C20H24ClNO2. The van der Waals surface area contributed by atoms with Crippen molar-refractivity contribution < 1.29 is 9.53 Å². The number of hydrogen-bond acceptors (Lipinski definition) is 2. The lowest BCUT2D eigenvalue weighted by atomic mass is 10.1. The maximum absolute atomic E-state index is 12.2. The molecule has 2 rings (SSSR count). The molecule has 1 N–H and O–H groups in total. The Morgan fingerprint density at radius 2 is 1.79 bits per heavy atom. The minimum atomic E-state index is -0.481. The van der Waals surface area contributed by atoms with Gasteiger partial charge >= 0.3 is 0 Å². The predicted molar refractivity (Wildman–Crippen MR) is 98.7 cm³/mol. The fourth-order valence-electron chi connectivity index (χ4n) is 2.37. The molecule has 2 aromatic carbocycles. The Bertz CT molecular complexity index is 638. The van der Waals surface area contributed by atoms with Crippen LogP contribution in [-0.2, 0) is 11.2 Å². The summed E-state index contributed by atoms with van der Waals surface area (Å²) in [5.74, 6) is 0.581. The van der Waals surface area contributed by atoms with Gasteiger partial charge in [0.15, 0.2) is 6.10 Å². The molecule has 0 aliphatic carbocycles. The van der Waals surface area contributed by atoms with Crippen molar-refractivity contribution in [1.29, 1.82) is 0 Å². The van der Waals surface area contributed by atoms with Crippen LogP contribution in [0, 0.1) is 6.92 Å². The number of rotatable bonds is 8. The average Bonchev–Trinajstić information content (AvgIpc) is 2.59. The van der Waals surface area contributed by atoms with E-state index in [-0.39, 0.29) is 5.91 Å². The van der Waals surface area contributed by atoms with Gasteiger partial charge in [0, 0.05) is 11.6 Å². The summed E-state index contributed by atoms with van der Waals surface area (Å²) in [6.45, 7) is 4.66. The lowest BCUT2D eigenvalue weighted by Crippen LogP contribution is -2.38. The summed E-state index contributed by atoms with van der Waals surface area (Å²) >= 11 is 5.85. The van der Waals surface area contributed by atoms with Gasteiger partial charge in [-0.15, -0.1) is 0 Å². The Labute approximate surface area is 149 Å². The third kappa shape index (κ3) is 5.89. The van der Waals surface area contributed by atoms with E-state index in [2.05, 4.69) is 36.5 Å². The van der Waals surface area contributed by atoms with E-state index in [0.29, 0.717) is 23.7 Å². The van der Waals surface area contributed by atoms with Gasteiger partial charge in [-0.1, -0.05) is 48.4 Å². The molecule has 1 atom stereocenters. The molecule has 0 fully saturated rings. The zero-order chi connectivity index (χ0) is 17.4. The van der Waals surface area contributed by atoms with Gasteiger partial charge < -0.3 is 10.1 Å². The first kappa shape index (κ1) is 18.3. The summed E-state index contributed by atoms with van der Waals surface area (Å²) in [6, 6.07) is 15.5. The van der Waals surface area contributed by atoms with E-state index < -0.39 is 6.10 Å². The second-order valence-corrected chi connectivity index (χ2v) is 6.29. The minimum absolute atomic E-state index is 0.0728. The van der Waals surface area contributed by atoms with E-state index >= 15 is 0 Å². The van der Waals surface area contributed by atoms with E-state index in [1.807, 2.05) is 6.92 Å². The van der Waals surface area contributed by atoms with E-state index in [9.17, 15) is 4.79 Å². The molecule has 0 aliphatic rings. The third-order valence-electron chi connectivity index (χ3n) is 3.82. The van der Waals surface area contributed by atoms with Crippen LogP contribution < -0.4 is 10.1 Å². The van der Waals surface area contributed by atoms with Crippen LogP contribution in [0.15, 0.2) is 48.5 Å². The molecule has 2 aromatic rings. The van der Waals surface area contributed by atoms with Crippen LogP contribution in [-0.4, -0.2) is 18.6 Å². The summed E-state index contributed by atoms with van der Waals surface area (Å²) < 4.78 is 5.74. The quantitative estimate of drug-likeness (QED) is 0.712. The molecule has 3 nitrogen and oxygen atoms in total. The van der Waals surface area contributed by atoms with E-state index in [4.69, 9.17) is 16.3 Å². The molecule has 0 heterocycles. The van der Waals surface area contributed by atoms with Crippen molar-refractivity contribution in [2.45, 2.75) is 39.2 Å². The van der Waals surface area contributed by atoms with Crippen molar-refractivity contribution in [3.05, 3.63) is 64.7 Å². The average molecular weight is 346 g/mol. The smallest absolute Gasteiger partial charge is 0.261 e. The molecule has 0 aromatic heterocycles. The van der Waals surface area contributed by atoms with Gasteiger partial charge in [-0.3, -0.25) is 4.79 Å². The number of carbonyl (C=O) groups is 1. The van der Waals surface area contributed by atoms with Crippen LogP contribution in [0.5, 0.6) is 5.75 Å². The van der Waals surface area contributed by atoms with Crippen molar-refractivity contribution >= 4 is 17.5 Å². The topological polar surface area (TPSA) is 38.3 Å². The van der Waals surface area contributed by atoms with Crippen LogP contribution in [0.4, 0.5) is 0 Å². The molecule has 0 saturated carbocycles. The molecule has 0 unspecified atom stereocenters. The standard InChI is InChI=1S/C20H24ClNO2/c1-3-19(24-18-12-10-17(21)11-13-18)20(23)22-14-4-5-16-8-6-15(2)7-9-16/h6-13,19H,3-5,14H2,1-2H3,(H,22,23)/t19-/m0/s1. The first-order chi connectivity index (χ1) is 11.6. The fourth-order valence-corrected chi connectivity index (χ4v) is 2.50. The highest BCUT2D eigenvalue weighted by Gasteiger charge is 2.17. The summed E-state index contributed by atoms with van der Waals surface area (Å²) in [6.07, 6.45) is 2.00. The molecular weight excluding hydrogens is 322 g/mol. The Morgan fingerprint density at radius 1 is 1.12 bits per heavy atom. The SMILES string of the molecule is CC[C@H](Oc1ccc(Cl)cc1)C(=O)NCCCc1ccc(C)cc1. The van der Waals surface area contributed by atoms with E-state index in [1.54, 1.807) is 24.3 Å². The molecule has 24 heavy (non-hydrogen) atoms. The summed E-state index contributed by atoms with van der Waals surface area (Å²) in [4.78, 5) is 12.2. The normalized spacial score (nSPS) is 11.8. The number of halogens is 1. The summed E-state index contributed by atoms with van der Waals surface area (Å²) in [5.41, 5.74) is 2.55. The molecule has 0 spiro atoms. The highest BCUT2D eigenvalue weighted by atomic mass is 35.5. The zero-order valence-corrected chi connectivity index (χ0v) is 15.0. The number of amides is 1. The third-order valence-corrected chi connectivity index (χ3v) is 4.07. The van der Waals surface area contributed by atoms with Crippen molar-refractivity contribution in [2.24, 2.45) is 0 Å². The summed E-state index contributed by atoms with van der Waals surface area (Å²) in [5, 5.41) is 3.61. The van der Waals surface area contributed by atoms with E-state index in [1.165, 1.54) is 11.1 Å². The van der Waals surface area contributed by atoms with Gasteiger partial charge in [-0.05, 0) is 56.0 Å². The second kappa shape index (κ2) is 9.33. The fraction of sp³-hybridized carbons (Fsp3) is 0.350. The highest BCUT2D eigenvalue weighted by molar-refractivity contribution is 6.30. The van der Waals surface area contributed by atoms with Crippen LogP contribution in [0.1, 0.15) is 30.9 Å². The second-order valence-electron chi connectivity index (χ2n) is 5.85. The Kier molecular flexibility index (Phi) is 7.13. The molecule has 0 aliphatic heterocycles. The minimum Gasteiger partial charge on any atom is -0.481 e. The van der Waals surface area contributed by atoms with Gasteiger partial charge in [0.25, 0.3) is 5.91 Å². The van der Waals surface area contributed by atoms with Gasteiger partial charge in [0.1, 0.15) is 5.75 Å². The van der Waals surface area contributed by atoms with Crippen molar-refractivity contribution in [3.63, 3.8) is 0 Å². The maximum atomic E-state index is 12.2. The molecule has 0 saturated heterocycles. The number of carbonyl (C=O) groups excluding carboxylic acids is 1. The Morgan fingerprint density at radius 3 is 2.42 bits per heavy atom. The number of ether oxygens (including phenoxy) is 1. The van der Waals surface area contributed by atoms with Gasteiger partial charge in [0.05, 0.1) is 0 Å². The predicted octanol–water partition coefficient (Wildman–Crippen LogP) is 4.55. The van der Waals surface area contributed by atoms with Crippen molar-refractivity contribution in [3.8, 4) is 5.75 Å². The Balaban J connectivity index is 1.75. The van der Waals surface area contributed by atoms with Gasteiger partial charge in [-0.2, -0.15) is 0 Å². The number of benzene rings is 2. The lowest BCUT2D eigenvalue weighted by Gasteiger charge is -2.17. The zero-order valence-electron chi connectivity index (χ0n) is 14.2. The van der Waals surface area contributed by atoms with Crippen molar-refractivity contribution in [2.75, 3.05) is 6.54 Å². The molecule has 0 radical (unpaired) electrons. The first-order valence-electron chi connectivity index (χ1n) is 8.34. The number of aryl methyl sites for hydroxylation is 2. The number of nitrogens with one attached hydrogen (secondary N) is 1. The van der Waals surface area contributed by atoms with Crippen LogP contribution in [0.2, 0.25) is 5.02 Å². The molecule has 1 amide bonds. The van der Waals surface area contributed by atoms with Gasteiger partial charge in [0.2, 0.25) is 0 Å². The maximum Gasteiger partial charge on any atom is 0.261 e. The lowest BCUT2D eigenvalue weighted by molar-refractivity contribution is -0.128.